The Morgan fingerprint density at radius 3 is 2.00 bits per heavy atom. The van der Waals surface area contributed by atoms with E-state index in [-0.39, 0.29) is 16.9 Å². The van der Waals surface area contributed by atoms with Crippen molar-refractivity contribution in [2.75, 3.05) is 0 Å². The first-order valence-electron chi connectivity index (χ1n) is 3.51. The zero-order valence-corrected chi connectivity index (χ0v) is 7.12. The molecule has 0 bridgehead atoms. The van der Waals surface area contributed by atoms with Crippen LogP contribution in [0.15, 0.2) is 0 Å². The maximum absolute atomic E-state index is 11.2. The molecule has 0 aliphatic carbocycles. The van der Waals surface area contributed by atoms with Crippen molar-refractivity contribution >= 4 is 11.5 Å². The molecule has 0 amide bonds. The van der Waals surface area contributed by atoms with Gasteiger partial charge in [-0.15, -0.1) is 0 Å². The van der Waals surface area contributed by atoms with E-state index in [1.807, 2.05) is 20.8 Å². The van der Waals surface area contributed by atoms with Crippen molar-refractivity contribution in [3.05, 3.63) is 0 Å². The molecule has 2 nitrogen and oxygen atoms in total. The number of carbonyl (C=O) groups excluding carboxylic acids is 1. The van der Waals surface area contributed by atoms with Crippen molar-refractivity contribution in [1.29, 1.82) is 5.41 Å². The summed E-state index contributed by atoms with van der Waals surface area (Å²) in [6.45, 7) is 7.24. The molecular formula is C8H15NO. The van der Waals surface area contributed by atoms with Crippen LogP contribution in [0.1, 0.15) is 34.1 Å². The van der Waals surface area contributed by atoms with Gasteiger partial charge in [0.1, 0.15) is 0 Å². The first-order chi connectivity index (χ1) is 4.41. The fourth-order valence-corrected chi connectivity index (χ4v) is 0.668. The van der Waals surface area contributed by atoms with Crippen molar-refractivity contribution in [3.8, 4) is 0 Å². The molecule has 0 saturated heterocycles. The third kappa shape index (κ3) is 1.94. The summed E-state index contributed by atoms with van der Waals surface area (Å²) in [6, 6.07) is 0. The second-order valence-electron chi connectivity index (χ2n) is 3.19. The monoisotopic (exact) mass is 141 g/mol. The van der Waals surface area contributed by atoms with Crippen LogP contribution < -0.4 is 0 Å². The highest BCUT2D eigenvalue weighted by atomic mass is 16.1. The van der Waals surface area contributed by atoms with E-state index >= 15 is 0 Å². The summed E-state index contributed by atoms with van der Waals surface area (Å²) in [5.74, 6) is -0.0463. The van der Waals surface area contributed by atoms with Crippen LogP contribution in [0.3, 0.4) is 0 Å². The van der Waals surface area contributed by atoms with Gasteiger partial charge in [0, 0.05) is 5.41 Å². The van der Waals surface area contributed by atoms with Gasteiger partial charge in [-0.25, -0.2) is 0 Å². The Labute approximate surface area is 62.1 Å². The average molecular weight is 141 g/mol. The SMILES string of the molecule is CCC(C)(C)C(=O)C(C)=N. The fourth-order valence-electron chi connectivity index (χ4n) is 0.668. The van der Waals surface area contributed by atoms with E-state index in [9.17, 15) is 4.79 Å². The summed E-state index contributed by atoms with van der Waals surface area (Å²) < 4.78 is 0. The van der Waals surface area contributed by atoms with E-state index in [1.165, 1.54) is 0 Å². The normalized spacial score (nSPS) is 11.2. The highest BCUT2D eigenvalue weighted by molar-refractivity contribution is 6.39. The molecular weight excluding hydrogens is 126 g/mol. The summed E-state index contributed by atoms with van der Waals surface area (Å²) in [5.41, 5.74) is -0.182. The molecule has 0 aliphatic rings. The Morgan fingerprint density at radius 2 is 1.90 bits per heavy atom. The van der Waals surface area contributed by atoms with Crippen LogP contribution in [0.5, 0.6) is 0 Å². The molecule has 0 unspecified atom stereocenters. The first-order valence-corrected chi connectivity index (χ1v) is 3.51. The van der Waals surface area contributed by atoms with Gasteiger partial charge in [0.15, 0.2) is 5.78 Å². The predicted octanol–water partition coefficient (Wildman–Crippen LogP) is 2.03. The third-order valence-corrected chi connectivity index (χ3v) is 1.84. The molecule has 0 heterocycles. The van der Waals surface area contributed by atoms with Gasteiger partial charge in [-0.1, -0.05) is 20.8 Å². The highest BCUT2D eigenvalue weighted by Crippen LogP contribution is 2.20. The molecule has 0 saturated carbocycles. The van der Waals surface area contributed by atoms with Crippen LogP contribution in [0.4, 0.5) is 0 Å². The van der Waals surface area contributed by atoms with E-state index in [0.29, 0.717) is 0 Å². The van der Waals surface area contributed by atoms with Crippen LogP contribution >= 0.6 is 0 Å². The fraction of sp³-hybridized carbons (Fsp3) is 0.750. The van der Waals surface area contributed by atoms with Crippen molar-refractivity contribution in [1.82, 2.24) is 0 Å². The number of ketones is 1. The number of hydrogen-bond acceptors (Lipinski definition) is 2. The molecule has 10 heavy (non-hydrogen) atoms. The minimum atomic E-state index is -0.341. The Kier molecular flexibility index (Phi) is 2.76. The van der Waals surface area contributed by atoms with E-state index in [2.05, 4.69) is 0 Å². The minimum absolute atomic E-state index is 0.0463. The standard InChI is InChI=1S/C8H15NO/c1-5-8(3,4)7(10)6(2)9/h9H,5H2,1-4H3. The molecule has 0 fully saturated rings. The lowest BCUT2D eigenvalue weighted by atomic mass is 9.83. The van der Waals surface area contributed by atoms with Gasteiger partial charge >= 0.3 is 0 Å². The van der Waals surface area contributed by atoms with Crippen LogP contribution in [0.2, 0.25) is 0 Å². The molecule has 1 N–H and O–H groups in total. The molecule has 0 atom stereocenters. The lowest BCUT2D eigenvalue weighted by Crippen LogP contribution is -2.28. The van der Waals surface area contributed by atoms with Gasteiger partial charge < -0.3 is 5.41 Å². The number of carbonyl (C=O) groups is 1. The van der Waals surface area contributed by atoms with Crippen LogP contribution in [0, 0.1) is 10.8 Å². The zero-order chi connectivity index (χ0) is 8.36. The summed E-state index contributed by atoms with van der Waals surface area (Å²) in [5, 5.41) is 7.11. The quantitative estimate of drug-likeness (QED) is 0.600. The largest absolute Gasteiger partial charge is 0.302 e. The number of rotatable bonds is 3. The molecule has 0 aromatic carbocycles. The van der Waals surface area contributed by atoms with E-state index in [1.54, 1.807) is 6.92 Å². The topological polar surface area (TPSA) is 40.9 Å². The van der Waals surface area contributed by atoms with Crippen molar-refractivity contribution in [2.45, 2.75) is 34.1 Å². The van der Waals surface area contributed by atoms with Gasteiger partial charge in [0.2, 0.25) is 0 Å². The second-order valence-corrected chi connectivity index (χ2v) is 3.19. The van der Waals surface area contributed by atoms with Crippen LogP contribution in [-0.2, 0) is 4.79 Å². The zero-order valence-electron chi connectivity index (χ0n) is 7.12. The van der Waals surface area contributed by atoms with Crippen molar-refractivity contribution < 1.29 is 4.79 Å². The molecule has 0 radical (unpaired) electrons. The third-order valence-electron chi connectivity index (χ3n) is 1.84. The van der Waals surface area contributed by atoms with Gasteiger partial charge in [0.05, 0.1) is 5.71 Å². The van der Waals surface area contributed by atoms with E-state index in [4.69, 9.17) is 5.41 Å². The van der Waals surface area contributed by atoms with Gasteiger partial charge in [-0.2, -0.15) is 0 Å². The summed E-state index contributed by atoms with van der Waals surface area (Å²) >= 11 is 0. The second kappa shape index (κ2) is 2.95. The minimum Gasteiger partial charge on any atom is -0.302 e. The first kappa shape index (κ1) is 9.34. The molecule has 0 aliphatic heterocycles. The Balaban J connectivity index is 4.33. The Hall–Kier alpha value is -0.660. The number of nitrogens with one attached hydrogen (secondary N) is 1. The highest BCUT2D eigenvalue weighted by Gasteiger charge is 2.26. The summed E-state index contributed by atoms with van der Waals surface area (Å²) in [7, 11) is 0. The maximum atomic E-state index is 11.2. The molecule has 0 spiro atoms. The van der Waals surface area contributed by atoms with Gasteiger partial charge in [-0.05, 0) is 13.3 Å². The lowest BCUT2D eigenvalue weighted by Gasteiger charge is -2.19. The molecule has 0 rings (SSSR count). The molecule has 58 valence electrons. The summed E-state index contributed by atoms with van der Waals surface area (Å²) in [4.78, 5) is 11.2. The Bertz CT molecular complexity index is 159. The number of hydrogen-bond donors (Lipinski definition) is 1. The lowest BCUT2D eigenvalue weighted by molar-refractivity contribution is -0.120. The van der Waals surface area contributed by atoms with Crippen LogP contribution in [-0.4, -0.2) is 11.5 Å². The average Bonchev–Trinajstić information content (AvgIpc) is 1.86. The summed E-state index contributed by atoms with van der Waals surface area (Å²) in [6.07, 6.45) is 0.794. The number of Topliss-reactive ketones (excluding diaryl/α,β-unsaturated/α-hetero) is 1. The molecule has 2 heteroatoms. The van der Waals surface area contributed by atoms with Crippen molar-refractivity contribution in [3.63, 3.8) is 0 Å². The van der Waals surface area contributed by atoms with Gasteiger partial charge in [0.25, 0.3) is 0 Å². The van der Waals surface area contributed by atoms with E-state index in [0.717, 1.165) is 6.42 Å². The van der Waals surface area contributed by atoms with E-state index < -0.39 is 0 Å². The van der Waals surface area contributed by atoms with Crippen LogP contribution in [0.25, 0.3) is 0 Å². The molecule has 0 aromatic heterocycles. The predicted molar refractivity (Wildman–Crippen MR) is 42.5 cm³/mol. The smallest absolute Gasteiger partial charge is 0.181 e. The maximum Gasteiger partial charge on any atom is 0.181 e. The molecule has 0 aromatic rings. The van der Waals surface area contributed by atoms with Crippen molar-refractivity contribution in [2.24, 2.45) is 5.41 Å². The van der Waals surface area contributed by atoms with Gasteiger partial charge in [-0.3, -0.25) is 4.79 Å². The Morgan fingerprint density at radius 1 is 1.50 bits per heavy atom.